The van der Waals surface area contributed by atoms with Crippen LogP contribution in [0.5, 0.6) is 0 Å². The van der Waals surface area contributed by atoms with Gasteiger partial charge in [0, 0.05) is 17.5 Å². The lowest BCUT2D eigenvalue weighted by Crippen LogP contribution is -2.21. The fourth-order valence-corrected chi connectivity index (χ4v) is 4.07. The summed E-state index contributed by atoms with van der Waals surface area (Å²) in [7, 11) is 0. The van der Waals surface area contributed by atoms with Gasteiger partial charge in [-0.2, -0.15) is 13.2 Å². The molecule has 0 saturated carbocycles. The van der Waals surface area contributed by atoms with Gasteiger partial charge < -0.3 is 9.73 Å². The van der Waals surface area contributed by atoms with Crippen LogP contribution in [0.4, 0.5) is 18.9 Å². The third-order valence-corrected chi connectivity index (χ3v) is 5.64. The number of fused-ring (bicyclic) bond motifs is 1. The number of aliphatic imine (C=N–C) groups is 1. The first-order valence-corrected chi connectivity index (χ1v) is 9.88. The largest absolute Gasteiger partial charge is 0.422 e. The summed E-state index contributed by atoms with van der Waals surface area (Å²) < 4.78 is 43.7. The summed E-state index contributed by atoms with van der Waals surface area (Å²) in [6.07, 6.45) is -4.85. The highest BCUT2D eigenvalue weighted by atomic mass is 32.2. The van der Waals surface area contributed by atoms with Gasteiger partial charge in [-0.15, -0.1) is 0 Å². The second kappa shape index (κ2) is 8.03. The minimum Gasteiger partial charge on any atom is -0.422 e. The smallest absolute Gasteiger partial charge is 0.416 e. The minimum absolute atomic E-state index is 0.0356. The van der Waals surface area contributed by atoms with Gasteiger partial charge in [0.25, 0.3) is 5.91 Å². The lowest BCUT2D eigenvalue weighted by molar-refractivity contribution is -0.137. The second-order valence-corrected chi connectivity index (χ2v) is 7.87. The van der Waals surface area contributed by atoms with Crippen LogP contribution >= 0.6 is 11.8 Å². The summed E-state index contributed by atoms with van der Waals surface area (Å²) >= 11 is 0.941. The molecular weight excluding hydrogens is 433 g/mol. The van der Waals surface area contributed by atoms with Crippen LogP contribution in [0.2, 0.25) is 0 Å². The number of thioether (sulfide) groups is 1. The number of para-hydroxylation sites is 1. The van der Waals surface area contributed by atoms with Crippen LogP contribution in [0.1, 0.15) is 17.5 Å². The Kier molecular flexibility index (Phi) is 5.40. The maximum atomic E-state index is 12.8. The molecule has 0 aliphatic carbocycles. The van der Waals surface area contributed by atoms with Crippen molar-refractivity contribution in [2.24, 2.45) is 4.99 Å². The quantitative estimate of drug-likeness (QED) is 0.606. The number of rotatable bonds is 4. The summed E-state index contributed by atoms with van der Waals surface area (Å²) in [6, 6.07) is 12.6. The fraction of sp³-hybridized carbons (Fsp3) is 0.143. The van der Waals surface area contributed by atoms with E-state index in [1.165, 1.54) is 12.1 Å². The molecule has 2 aromatic carbocycles. The van der Waals surface area contributed by atoms with E-state index in [1.807, 2.05) is 0 Å². The van der Waals surface area contributed by atoms with Crippen LogP contribution in [0, 0.1) is 0 Å². The Morgan fingerprint density at radius 2 is 1.87 bits per heavy atom. The number of carbonyl (C=O) groups is 2. The molecule has 0 unspecified atom stereocenters. The van der Waals surface area contributed by atoms with Crippen molar-refractivity contribution in [3.63, 3.8) is 0 Å². The molecule has 0 saturated heterocycles. The molecule has 0 spiro atoms. The first-order valence-electron chi connectivity index (χ1n) is 9.00. The summed E-state index contributed by atoms with van der Waals surface area (Å²) in [5, 5.41) is 2.25. The molecule has 4 rings (SSSR count). The zero-order valence-corrected chi connectivity index (χ0v) is 16.4. The molecule has 1 aliphatic heterocycles. The number of halogens is 3. The summed E-state index contributed by atoms with van der Waals surface area (Å²) in [5.74, 6) is -1.25. The number of alkyl halides is 3. The van der Waals surface area contributed by atoms with Crippen molar-refractivity contribution >= 4 is 45.3 Å². The zero-order chi connectivity index (χ0) is 22.2. The number of anilines is 1. The molecule has 1 atom stereocenters. The third-order valence-electron chi connectivity index (χ3n) is 4.46. The van der Waals surface area contributed by atoms with Gasteiger partial charge in [0.15, 0.2) is 0 Å². The Bertz CT molecular complexity index is 1280. The van der Waals surface area contributed by atoms with Crippen LogP contribution in [0.15, 0.2) is 68.8 Å². The van der Waals surface area contributed by atoms with Crippen LogP contribution in [0.3, 0.4) is 0 Å². The van der Waals surface area contributed by atoms with E-state index in [0.29, 0.717) is 11.0 Å². The number of nitrogens with one attached hydrogen (secondary N) is 1. The van der Waals surface area contributed by atoms with E-state index in [4.69, 9.17) is 4.42 Å². The van der Waals surface area contributed by atoms with Gasteiger partial charge in [0.05, 0.1) is 11.1 Å². The van der Waals surface area contributed by atoms with Crippen molar-refractivity contribution in [2.75, 3.05) is 5.32 Å². The number of nitrogens with zero attached hydrogens (tertiary/aromatic N) is 1. The van der Waals surface area contributed by atoms with Crippen molar-refractivity contribution in [3.8, 4) is 0 Å². The average Bonchev–Trinajstić information content (AvgIpc) is 3.07. The van der Waals surface area contributed by atoms with Crippen LogP contribution < -0.4 is 10.9 Å². The molecule has 2 heterocycles. The Morgan fingerprint density at radius 1 is 1.10 bits per heavy atom. The van der Waals surface area contributed by atoms with Crippen LogP contribution in [-0.2, 0) is 15.8 Å². The third kappa shape index (κ3) is 4.53. The molecular formula is C21H13F3N2O4S. The highest BCUT2D eigenvalue weighted by Gasteiger charge is 2.33. The minimum atomic E-state index is -4.54. The van der Waals surface area contributed by atoms with E-state index in [1.54, 1.807) is 30.3 Å². The first kappa shape index (κ1) is 20.9. The molecule has 158 valence electrons. The van der Waals surface area contributed by atoms with Gasteiger partial charge in [-0.05, 0) is 30.3 Å². The number of benzene rings is 2. The van der Waals surface area contributed by atoms with E-state index in [2.05, 4.69) is 10.3 Å². The van der Waals surface area contributed by atoms with Crippen LogP contribution in [-0.4, -0.2) is 22.1 Å². The molecule has 31 heavy (non-hydrogen) atoms. The standard InChI is InChI=1S/C21H13F3N2O4S/c22-21(23,24)12-5-3-6-13(9-12)25-17(27)10-16-18(28)26-19(31-16)14-8-11-4-1-2-7-15(11)30-20(14)29/h1-9,16H,10H2,(H,25,27)/t16-/m0/s1. The number of hydrogen-bond donors (Lipinski definition) is 1. The molecule has 3 aromatic rings. The molecule has 1 N–H and O–H groups in total. The Labute approximate surface area is 177 Å². The number of hydrogen-bond acceptors (Lipinski definition) is 5. The molecule has 0 bridgehead atoms. The first-order chi connectivity index (χ1) is 14.7. The van der Waals surface area contributed by atoms with Gasteiger partial charge in [0.2, 0.25) is 5.91 Å². The van der Waals surface area contributed by atoms with Gasteiger partial charge in [-0.25, -0.2) is 9.79 Å². The van der Waals surface area contributed by atoms with E-state index < -0.39 is 34.4 Å². The average molecular weight is 446 g/mol. The summed E-state index contributed by atoms with van der Waals surface area (Å²) in [4.78, 5) is 40.6. The predicted octanol–water partition coefficient (Wildman–Crippen LogP) is 4.23. The molecule has 1 aliphatic rings. The molecule has 6 nitrogen and oxygen atoms in total. The highest BCUT2D eigenvalue weighted by molar-refractivity contribution is 8.16. The Balaban J connectivity index is 1.46. The summed E-state index contributed by atoms with van der Waals surface area (Å²) in [5.41, 5.74) is -1.09. The van der Waals surface area contributed by atoms with Crippen molar-refractivity contribution in [3.05, 3.63) is 76.1 Å². The maximum Gasteiger partial charge on any atom is 0.416 e. The van der Waals surface area contributed by atoms with Gasteiger partial charge in [0.1, 0.15) is 15.9 Å². The molecule has 10 heteroatoms. The molecule has 0 fully saturated rings. The second-order valence-electron chi connectivity index (χ2n) is 6.68. The normalized spacial score (nSPS) is 16.4. The maximum absolute atomic E-state index is 12.8. The van der Waals surface area contributed by atoms with Crippen LogP contribution in [0.25, 0.3) is 11.0 Å². The predicted molar refractivity (Wildman–Crippen MR) is 110 cm³/mol. The molecule has 2 amide bonds. The van der Waals surface area contributed by atoms with E-state index in [0.717, 1.165) is 23.9 Å². The summed E-state index contributed by atoms with van der Waals surface area (Å²) in [6.45, 7) is 0. The van der Waals surface area contributed by atoms with Crippen molar-refractivity contribution in [1.82, 2.24) is 0 Å². The van der Waals surface area contributed by atoms with Crippen molar-refractivity contribution < 1.29 is 27.2 Å². The Morgan fingerprint density at radius 3 is 2.65 bits per heavy atom. The number of carbonyl (C=O) groups excluding carboxylic acids is 2. The van der Waals surface area contributed by atoms with E-state index in [9.17, 15) is 27.6 Å². The van der Waals surface area contributed by atoms with Gasteiger partial charge in [-0.1, -0.05) is 36.0 Å². The van der Waals surface area contributed by atoms with Gasteiger partial charge in [-0.3, -0.25) is 9.59 Å². The Hall–Kier alpha value is -3.40. The molecule has 0 radical (unpaired) electrons. The molecule has 1 aromatic heterocycles. The van der Waals surface area contributed by atoms with Crippen molar-refractivity contribution in [1.29, 1.82) is 0 Å². The van der Waals surface area contributed by atoms with E-state index in [-0.39, 0.29) is 22.7 Å². The topological polar surface area (TPSA) is 88.7 Å². The monoisotopic (exact) mass is 446 g/mol. The van der Waals surface area contributed by atoms with Crippen molar-refractivity contribution in [2.45, 2.75) is 17.8 Å². The fourth-order valence-electron chi connectivity index (χ4n) is 3.00. The zero-order valence-electron chi connectivity index (χ0n) is 15.6. The lowest BCUT2D eigenvalue weighted by atomic mass is 10.2. The highest BCUT2D eigenvalue weighted by Crippen LogP contribution is 2.32. The number of amides is 2. The lowest BCUT2D eigenvalue weighted by Gasteiger charge is -2.11. The van der Waals surface area contributed by atoms with E-state index >= 15 is 0 Å². The van der Waals surface area contributed by atoms with Gasteiger partial charge >= 0.3 is 11.8 Å². The SMILES string of the molecule is O=C(C[C@@H]1SC(c2cc3ccccc3oc2=O)=NC1=O)Nc1cccc(C(F)(F)F)c1.